The van der Waals surface area contributed by atoms with Crippen LogP contribution in [0.1, 0.15) is 1.43 Å². The van der Waals surface area contributed by atoms with Crippen molar-refractivity contribution in [3.8, 4) is 0 Å². The summed E-state index contributed by atoms with van der Waals surface area (Å²) in [6, 6.07) is 0. The van der Waals surface area contributed by atoms with Crippen LogP contribution in [-0.4, -0.2) is 39.4 Å². The molecule has 4 heteroatoms. The molecule has 28 valence electrons. The second kappa shape index (κ2) is 4.04. The summed E-state index contributed by atoms with van der Waals surface area (Å²) in [6.45, 7) is 0. The summed E-state index contributed by atoms with van der Waals surface area (Å²) < 4.78 is 0. The summed E-state index contributed by atoms with van der Waals surface area (Å²) in [5, 5.41) is 13.9. The minimum absolute atomic E-state index is 0. The monoisotopic (exact) mass is 89.0 g/mol. The van der Waals surface area contributed by atoms with Crippen LogP contribution in [0.4, 0.5) is 4.79 Å². The second-order valence-corrected chi connectivity index (χ2v) is 0.283. The average molecular weight is 89.4 g/mol. The molecule has 0 aliphatic carbocycles. The summed E-state index contributed by atoms with van der Waals surface area (Å²) in [5.74, 6) is 0. The van der Waals surface area contributed by atoms with Gasteiger partial charge in [-0.25, -0.2) is 4.79 Å². The van der Waals surface area contributed by atoms with Crippen molar-refractivity contribution in [3.05, 3.63) is 0 Å². The fourth-order valence-electron chi connectivity index (χ4n) is 0. The molecule has 0 bridgehead atoms. The average Bonchev–Trinajstić information content (AvgIpc) is 0.811. The van der Waals surface area contributed by atoms with Gasteiger partial charge in [-0.2, -0.15) is 0 Å². The van der Waals surface area contributed by atoms with Crippen LogP contribution in [0, 0.1) is 0 Å². The Bertz CT molecular complexity index is 33.8. The Morgan fingerprint density at radius 1 is 1.60 bits per heavy atom. The Labute approximate surface area is 46.2 Å². The van der Waals surface area contributed by atoms with E-state index in [4.69, 9.17) is 15.0 Å². The predicted molar refractivity (Wildman–Crippen MR) is 20.3 cm³/mol. The van der Waals surface area contributed by atoms with Gasteiger partial charge in [-0.3, -0.25) is 0 Å². The lowest BCUT2D eigenvalue weighted by atomic mass is 11.5. The van der Waals surface area contributed by atoms with Gasteiger partial charge in [0.05, 0.1) is 0 Å². The Morgan fingerprint density at radius 2 is 1.60 bits per heavy atom. The zero-order valence-electron chi connectivity index (χ0n) is 2.80. The smallest absolute Gasteiger partial charge is 0.450 e. The van der Waals surface area contributed by atoms with Crippen molar-refractivity contribution in [2.24, 2.45) is 0 Å². The molecule has 3 nitrogen and oxygen atoms in total. The van der Waals surface area contributed by atoms with E-state index >= 15 is 0 Å². The molecule has 0 fully saturated rings. The minimum atomic E-state index is -1.83. The van der Waals surface area contributed by atoms with Crippen LogP contribution in [0.3, 0.4) is 0 Å². The molecule has 0 aromatic rings. The lowest BCUT2D eigenvalue weighted by molar-refractivity contribution is 0.137. The van der Waals surface area contributed by atoms with E-state index < -0.39 is 6.16 Å². The van der Waals surface area contributed by atoms with Crippen LogP contribution in [0.2, 0.25) is 0 Å². The molecule has 0 saturated heterocycles. The molecule has 0 aliphatic heterocycles. The number of hydrogen-bond acceptors (Lipinski definition) is 1. The molecule has 0 rings (SSSR count). The predicted octanol–water partition coefficient (Wildman–Crippen LogP) is -0.581. The minimum Gasteiger partial charge on any atom is -0.450 e. The SMILES string of the molecule is O=C(O)O.[H+].[MgH2]. The standard InChI is InChI=1S/CH2O3.Mg.2H/c2-1(3)4;;;/h(H2,2,3,4);;;/p+1. The van der Waals surface area contributed by atoms with Gasteiger partial charge < -0.3 is 10.2 Å². The first-order valence-electron chi connectivity index (χ1n) is 0.651. The van der Waals surface area contributed by atoms with Crippen molar-refractivity contribution in [1.29, 1.82) is 0 Å². The zero-order valence-corrected chi connectivity index (χ0v) is 1.80. The van der Waals surface area contributed by atoms with E-state index in [1.807, 2.05) is 0 Å². The van der Waals surface area contributed by atoms with Gasteiger partial charge in [-0.15, -0.1) is 0 Å². The number of carbonyl (C=O) groups is 1. The van der Waals surface area contributed by atoms with Gasteiger partial charge in [0.15, 0.2) is 0 Å². The number of rotatable bonds is 0. The fourth-order valence-corrected chi connectivity index (χ4v) is 0. The van der Waals surface area contributed by atoms with E-state index in [0.29, 0.717) is 0 Å². The van der Waals surface area contributed by atoms with Gasteiger partial charge in [0.25, 0.3) is 0 Å². The van der Waals surface area contributed by atoms with Crippen LogP contribution < -0.4 is 0 Å². The van der Waals surface area contributed by atoms with E-state index in [1.54, 1.807) is 0 Å². The summed E-state index contributed by atoms with van der Waals surface area (Å²) in [5.41, 5.74) is 0. The summed E-state index contributed by atoms with van der Waals surface area (Å²) >= 11 is 0. The Balaban J connectivity index is -0.0000000450. The van der Waals surface area contributed by atoms with E-state index in [0.717, 1.165) is 0 Å². The Kier molecular flexibility index (Phi) is 7.18. The van der Waals surface area contributed by atoms with Crippen molar-refractivity contribution in [1.82, 2.24) is 0 Å². The summed E-state index contributed by atoms with van der Waals surface area (Å²) in [7, 11) is 0. The molecular weight excluding hydrogens is 84.3 g/mol. The lowest BCUT2D eigenvalue weighted by Crippen LogP contribution is -1.81. The molecule has 0 atom stereocenters. The molecule has 0 saturated carbocycles. The summed E-state index contributed by atoms with van der Waals surface area (Å²) in [4.78, 5) is 8.56. The molecule has 0 heterocycles. The normalized spacial score (nSPS) is 4.80. The first-order chi connectivity index (χ1) is 1.73. The highest BCUT2D eigenvalue weighted by molar-refractivity contribution is 5.75. The van der Waals surface area contributed by atoms with Gasteiger partial charge >= 0.3 is 30.6 Å². The maximum absolute atomic E-state index is 8.56. The highest BCUT2D eigenvalue weighted by atomic mass is 24.3. The molecule has 0 aromatic heterocycles. The Morgan fingerprint density at radius 3 is 1.60 bits per heavy atom. The van der Waals surface area contributed by atoms with E-state index in [-0.39, 0.29) is 24.5 Å². The molecule has 0 spiro atoms. The third-order valence-electron chi connectivity index (χ3n) is 0. The van der Waals surface area contributed by atoms with Crippen molar-refractivity contribution in [2.45, 2.75) is 0 Å². The van der Waals surface area contributed by atoms with Crippen LogP contribution in [-0.2, 0) is 0 Å². The van der Waals surface area contributed by atoms with Crippen LogP contribution in [0.5, 0.6) is 0 Å². The lowest BCUT2D eigenvalue weighted by Gasteiger charge is -1.60. The molecule has 0 unspecified atom stereocenters. The highest BCUT2D eigenvalue weighted by Crippen LogP contribution is 1.42. The van der Waals surface area contributed by atoms with Crippen molar-refractivity contribution >= 4 is 29.2 Å². The molecule has 2 N–H and O–H groups in total. The van der Waals surface area contributed by atoms with E-state index in [1.165, 1.54) is 0 Å². The topological polar surface area (TPSA) is 57.5 Å². The van der Waals surface area contributed by atoms with Gasteiger partial charge in [-0.1, -0.05) is 0 Å². The Hall–Kier alpha value is 0.0362. The van der Waals surface area contributed by atoms with Crippen LogP contribution in [0.15, 0.2) is 0 Å². The quantitative estimate of drug-likeness (QED) is 0.390. The van der Waals surface area contributed by atoms with Gasteiger partial charge in [0, 0.05) is 0 Å². The summed E-state index contributed by atoms with van der Waals surface area (Å²) in [6.07, 6.45) is -1.83. The van der Waals surface area contributed by atoms with E-state index in [9.17, 15) is 0 Å². The first-order valence-corrected chi connectivity index (χ1v) is 0.651. The molecule has 0 radical (unpaired) electrons. The largest absolute Gasteiger partial charge is 1.00 e. The molecular formula is CH5MgO3+. The number of carboxylic acid groups (broad SMARTS) is 2. The van der Waals surface area contributed by atoms with Gasteiger partial charge in [0.2, 0.25) is 0 Å². The molecule has 0 aromatic carbocycles. The zero-order chi connectivity index (χ0) is 3.58. The third-order valence-corrected chi connectivity index (χ3v) is 0. The molecule has 5 heavy (non-hydrogen) atoms. The highest BCUT2D eigenvalue weighted by Gasteiger charge is 1.70. The molecule has 0 amide bonds. The van der Waals surface area contributed by atoms with Crippen molar-refractivity contribution in [2.75, 3.05) is 0 Å². The fraction of sp³-hybridized carbons (Fsp3) is 0. The maximum atomic E-state index is 8.56. The maximum Gasteiger partial charge on any atom is 1.00 e. The van der Waals surface area contributed by atoms with Crippen molar-refractivity contribution in [3.63, 3.8) is 0 Å². The van der Waals surface area contributed by atoms with Gasteiger partial charge in [0.1, 0.15) is 0 Å². The number of hydrogen-bond donors (Lipinski definition) is 2. The van der Waals surface area contributed by atoms with E-state index in [2.05, 4.69) is 0 Å². The second-order valence-electron chi connectivity index (χ2n) is 0.283. The van der Waals surface area contributed by atoms with Crippen LogP contribution >= 0.6 is 0 Å². The van der Waals surface area contributed by atoms with Crippen molar-refractivity contribution < 1.29 is 16.4 Å². The first kappa shape index (κ1) is 8.90. The van der Waals surface area contributed by atoms with Gasteiger partial charge in [-0.05, 0) is 0 Å². The third kappa shape index (κ3) is 12700. The van der Waals surface area contributed by atoms with Crippen LogP contribution in [0.25, 0.3) is 0 Å². The molecule has 0 aliphatic rings.